The topological polar surface area (TPSA) is 520 Å². The number of phenolic OH excluding ortho intramolecular Hbond substituents is 1. The van der Waals surface area contributed by atoms with Gasteiger partial charge in [0.1, 0.15) is 42.0 Å². The van der Waals surface area contributed by atoms with Gasteiger partial charge in [-0.15, -0.1) is 0 Å². The molecule has 6 atom stereocenters. The molecule has 12 amide bonds. The summed E-state index contributed by atoms with van der Waals surface area (Å²) in [6.45, 7) is -2.74. The van der Waals surface area contributed by atoms with Crippen molar-refractivity contribution in [3.8, 4) is 5.75 Å². The number of hydrogen-bond acceptors (Lipinski definition) is 17. The fraction of sp³-hybridized carbons (Fsp3) is 0.556. The van der Waals surface area contributed by atoms with Crippen LogP contribution in [0.4, 0.5) is 0 Å². The normalized spacial score (nSPS) is 14.5. The van der Waals surface area contributed by atoms with E-state index in [4.69, 9.17) is 22.6 Å². The lowest BCUT2D eigenvalue weighted by atomic mass is 10.0. The van der Waals surface area contributed by atoms with Gasteiger partial charge in [-0.05, 0) is 69.2 Å². The van der Waals surface area contributed by atoms with E-state index in [0.29, 0.717) is 31.4 Å². The maximum Gasteiger partial charge on any atom is 0.305 e. The van der Waals surface area contributed by atoms with Gasteiger partial charge in [0, 0.05) is 26.4 Å². The van der Waals surface area contributed by atoms with Crippen LogP contribution in [0, 0.1) is 5.41 Å². The van der Waals surface area contributed by atoms with Crippen molar-refractivity contribution in [3.05, 3.63) is 29.8 Å². The number of benzene rings is 1. The van der Waals surface area contributed by atoms with Crippen molar-refractivity contribution in [2.75, 3.05) is 59.0 Å². The van der Waals surface area contributed by atoms with Crippen LogP contribution in [0.5, 0.6) is 5.75 Å². The lowest BCUT2D eigenvalue weighted by Crippen LogP contribution is -2.58. The summed E-state index contributed by atoms with van der Waals surface area (Å²) in [5, 5.41) is 62.4. The molecule has 426 valence electrons. The largest absolute Gasteiger partial charge is 0.508 e. The molecule has 1 aromatic carbocycles. The number of phenols is 1. The summed E-state index contributed by atoms with van der Waals surface area (Å²) in [5.74, 6) is -12.6. The number of hydrogen-bond donors (Lipinski definition) is 18. The van der Waals surface area contributed by atoms with Gasteiger partial charge in [-0.25, -0.2) is 0 Å². The van der Waals surface area contributed by atoms with E-state index in [2.05, 4.69) is 58.5 Å². The molecule has 32 nitrogen and oxygen atoms in total. The summed E-state index contributed by atoms with van der Waals surface area (Å²) in [6.07, 6.45) is 0.303. The maximum absolute atomic E-state index is 13.6. The van der Waals surface area contributed by atoms with Crippen LogP contribution in [0.15, 0.2) is 24.3 Å². The van der Waals surface area contributed by atoms with Crippen LogP contribution < -0.4 is 75.7 Å². The van der Waals surface area contributed by atoms with Gasteiger partial charge in [-0.1, -0.05) is 12.1 Å². The Morgan fingerprint density at radius 3 is 1.64 bits per heavy atom. The number of carboxylic acid groups (broad SMARTS) is 1. The highest BCUT2D eigenvalue weighted by Crippen LogP contribution is 2.19. The van der Waals surface area contributed by atoms with Crippen LogP contribution >= 0.6 is 0 Å². The molecule has 2 rings (SSSR count). The van der Waals surface area contributed by atoms with Gasteiger partial charge in [0.05, 0.1) is 45.8 Å². The Balaban J connectivity index is 2.15. The van der Waals surface area contributed by atoms with Crippen molar-refractivity contribution in [2.24, 2.45) is 17.2 Å². The first-order valence-electron chi connectivity index (χ1n) is 24.2. The number of primary amides is 1. The summed E-state index contributed by atoms with van der Waals surface area (Å²) in [4.78, 5) is 166. The predicted molar refractivity (Wildman–Crippen MR) is 268 cm³/mol. The smallest absolute Gasteiger partial charge is 0.305 e. The average molecular weight is 1090 g/mol. The fourth-order valence-corrected chi connectivity index (χ4v) is 7.33. The Bertz CT molecular complexity index is 2290. The summed E-state index contributed by atoms with van der Waals surface area (Å²) in [7, 11) is 0. The van der Waals surface area contributed by atoms with Crippen molar-refractivity contribution in [2.45, 2.75) is 101 Å². The van der Waals surface area contributed by atoms with E-state index in [1.54, 1.807) is 0 Å². The monoisotopic (exact) mass is 1090 g/mol. The van der Waals surface area contributed by atoms with E-state index in [9.17, 15) is 77.6 Å². The molecule has 0 aromatic heterocycles. The average Bonchev–Trinajstić information content (AvgIpc) is 3.87. The first-order valence-corrected chi connectivity index (χ1v) is 24.2. The highest BCUT2D eigenvalue weighted by molar-refractivity contribution is 5.98. The van der Waals surface area contributed by atoms with Gasteiger partial charge in [-0.3, -0.25) is 67.7 Å². The number of nitrogens with one attached hydrogen (secondary N) is 12. The second-order valence-corrected chi connectivity index (χ2v) is 17.4. The van der Waals surface area contributed by atoms with Crippen molar-refractivity contribution in [1.82, 2.24) is 63.4 Å². The Kier molecular flexibility index (Phi) is 28.5. The zero-order chi connectivity index (χ0) is 57.6. The number of rotatable bonds is 34. The molecule has 1 heterocycles. The minimum Gasteiger partial charge on any atom is -0.508 e. The lowest BCUT2D eigenvalue weighted by Gasteiger charge is -2.28. The number of amides is 12. The van der Waals surface area contributed by atoms with Crippen LogP contribution in [-0.4, -0.2) is 198 Å². The van der Waals surface area contributed by atoms with Gasteiger partial charge in [-0.2, -0.15) is 0 Å². The van der Waals surface area contributed by atoms with E-state index >= 15 is 0 Å². The Labute approximate surface area is 441 Å². The van der Waals surface area contributed by atoms with E-state index in [1.165, 1.54) is 31.2 Å². The highest BCUT2D eigenvalue weighted by Gasteiger charge is 2.39. The van der Waals surface area contributed by atoms with Crippen molar-refractivity contribution < 1.29 is 77.6 Å². The molecule has 1 aliphatic rings. The SMILES string of the molecule is CC(=O)NCC(=O)N[C@@H](CCCCN)C(=O)NCC(=O)N[C@@H](Cc1ccc(O)cc1)C(=O)NCC(=O)N[C@@H](CCCNC(=N)N)C(=O)NCC(=O)N[C@@H](CC(=O)O)C(=O)N[C@@H](CO)C(=O)N1CCC[C@H]1C(=O)NCC(N)=O. The molecular weight excluding hydrogens is 1020 g/mol. The summed E-state index contributed by atoms with van der Waals surface area (Å²) < 4.78 is 0. The zero-order valence-corrected chi connectivity index (χ0v) is 42.3. The molecule has 1 aromatic rings. The number of aromatic hydroxyl groups is 1. The first kappa shape index (κ1) is 64.4. The third-order valence-corrected chi connectivity index (χ3v) is 11.1. The van der Waals surface area contributed by atoms with Crippen LogP contribution in [0.1, 0.15) is 63.9 Å². The molecule has 1 aliphatic heterocycles. The molecule has 0 spiro atoms. The van der Waals surface area contributed by atoms with E-state index in [1.807, 2.05) is 0 Å². The van der Waals surface area contributed by atoms with Gasteiger partial charge < -0.3 is 95.9 Å². The Hall–Kier alpha value is -8.68. The van der Waals surface area contributed by atoms with Crippen molar-refractivity contribution in [1.29, 1.82) is 5.41 Å². The molecule has 0 unspecified atom stereocenters. The van der Waals surface area contributed by atoms with E-state index < -0.39 is 165 Å². The number of nitrogens with zero attached hydrogens (tertiary/aromatic N) is 1. The molecule has 0 saturated carbocycles. The van der Waals surface area contributed by atoms with Crippen LogP contribution in [0.3, 0.4) is 0 Å². The zero-order valence-electron chi connectivity index (χ0n) is 42.3. The second kappa shape index (κ2) is 34.0. The first-order chi connectivity index (χ1) is 36.4. The maximum atomic E-state index is 13.6. The molecule has 1 fully saturated rings. The standard InChI is InChI=1S/C45H70N16O16/c1-24(63)51-19-34(66)56-27(6-2-3-13-46)39(72)53-21-36(68)58-29(16-25-9-11-26(64)12-10-25)41(74)55-20-35(67)57-28(7-4-14-50-45(48)49)40(73)54-22-37(69)59-30(17-38(70)71)42(75)60-31(23-62)44(77)61-15-5-8-32(61)43(76)52-18-33(47)65/h9-12,27-32,62,64H,2-8,13-23,46H2,1H3,(H2,47,65)(H,51,63)(H,52,76)(H,53,72)(H,54,73)(H,55,74)(H,56,66)(H,57,67)(H,58,68)(H,59,69)(H,60,75)(H,70,71)(H4,48,49,50)/t27-,28-,29-,30-,31-,32-/m0/s1. The van der Waals surface area contributed by atoms with Crippen LogP contribution in [0.2, 0.25) is 0 Å². The number of carboxylic acids is 1. The summed E-state index contributed by atoms with van der Waals surface area (Å²) >= 11 is 0. The third-order valence-electron chi connectivity index (χ3n) is 11.1. The summed E-state index contributed by atoms with van der Waals surface area (Å²) in [6, 6.07) is -3.07. The van der Waals surface area contributed by atoms with Gasteiger partial charge in [0.25, 0.3) is 0 Å². The van der Waals surface area contributed by atoms with Gasteiger partial charge in [0.15, 0.2) is 5.96 Å². The molecule has 1 saturated heterocycles. The summed E-state index contributed by atoms with van der Waals surface area (Å²) in [5.41, 5.74) is 16.4. The van der Waals surface area contributed by atoms with E-state index in [-0.39, 0.29) is 50.9 Å². The second-order valence-electron chi connectivity index (χ2n) is 17.4. The third kappa shape index (κ3) is 25.4. The molecule has 21 N–H and O–H groups in total. The van der Waals surface area contributed by atoms with Crippen molar-refractivity contribution >= 4 is 82.8 Å². The van der Waals surface area contributed by atoms with Crippen molar-refractivity contribution in [3.63, 3.8) is 0 Å². The molecule has 0 radical (unpaired) electrons. The Morgan fingerprint density at radius 2 is 1.14 bits per heavy atom. The minimum atomic E-state index is -1.88. The van der Waals surface area contributed by atoms with E-state index in [0.717, 1.165) is 4.90 Å². The molecule has 0 bridgehead atoms. The van der Waals surface area contributed by atoms with Gasteiger partial charge >= 0.3 is 5.97 Å². The number of carbonyl (C=O) groups is 13. The quantitative estimate of drug-likeness (QED) is 0.0173. The fourth-order valence-electron chi connectivity index (χ4n) is 7.33. The predicted octanol–water partition coefficient (Wildman–Crippen LogP) is -8.70. The molecule has 0 aliphatic carbocycles. The number of likely N-dealkylation sites (tertiary alicyclic amines) is 1. The number of carbonyl (C=O) groups excluding carboxylic acids is 12. The molecule has 77 heavy (non-hydrogen) atoms. The minimum absolute atomic E-state index is 0.0261. The number of aliphatic carboxylic acids is 1. The highest BCUT2D eigenvalue weighted by atomic mass is 16.4. The number of unbranched alkanes of at least 4 members (excludes halogenated alkanes) is 1. The lowest BCUT2D eigenvalue weighted by molar-refractivity contribution is -0.144. The van der Waals surface area contributed by atoms with Gasteiger partial charge in [0.2, 0.25) is 70.9 Å². The number of nitrogens with two attached hydrogens (primary N) is 3. The number of aliphatic hydroxyl groups excluding tert-OH is 1. The van der Waals surface area contributed by atoms with Crippen LogP contribution in [0.25, 0.3) is 0 Å². The molecule has 32 heteroatoms. The number of guanidine groups is 1. The molecular formula is C45H70N16O16. The Morgan fingerprint density at radius 1 is 0.636 bits per heavy atom. The number of aliphatic hydroxyl groups is 1. The van der Waals surface area contributed by atoms with Crippen LogP contribution in [-0.2, 0) is 68.7 Å².